The van der Waals surface area contributed by atoms with E-state index in [2.05, 4.69) is 20.9 Å². The van der Waals surface area contributed by atoms with E-state index in [4.69, 9.17) is 11.6 Å². The van der Waals surface area contributed by atoms with Gasteiger partial charge in [-0.15, -0.1) is 0 Å². The third-order valence-corrected chi connectivity index (χ3v) is 2.77. The number of aromatic nitrogens is 1. The molecule has 0 saturated heterocycles. The van der Waals surface area contributed by atoms with Crippen molar-refractivity contribution in [2.45, 2.75) is 0 Å². The average molecular weight is 259 g/mol. The molecule has 0 radical (unpaired) electrons. The summed E-state index contributed by atoms with van der Waals surface area (Å²) in [6, 6.07) is 5.26. The van der Waals surface area contributed by atoms with Crippen molar-refractivity contribution in [1.29, 1.82) is 0 Å². The van der Waals surface area contributed by atoms with Crippen LogP contribution in [0.25, 0.3) is 10.8 Å². The summed E-state index contributed by atoms with van der Waals surface area (Å²) < 4.78 is 0.799. The Hall–Kier alpha value is -0.800. The summed E-state index contributed by atoms with van der Waals surface area (Å²) >= 11 is 9.28. The molecule has 0 aliphatic heterocycles. The topological polar surface area (TPSA) is 32.9 Å². The van der Waals surface area contributed by atoms with Crippen molar-refractivity contribution in [3.05, 3.63) is 44.2 Å². The second kappa shape index (κ2) is 3.16. The summed E-state index contributed by atoms with van der Waals surface area (Å²) in [5, 5.41) is 1.94. The quantitative estimate of drug-likeness (QED) is 0.774. The largest absolute Gasteiger partial charge is 0.327 e. The van der Waals surface area contributed by atoms with Crippen LogP contribution in [-0.2, 0) is 0 Å². The van der Waals surface area contributed by atoms with Crippen molar-refractivity contribution < 1.29 is 0 Å². The maximum Gasteiger partial charge on any atom is 0.255 e. The Morgan fingerprint density at radius 3 is 2.85 bits per heavy atom. The molecule has 0 fully saturated rings. The molecule has 2 rings (SSSR count). The van der Waals surface area contributed by atoms with Crippen LogP contribution in [0.1, 0.15) is 0 Å². The van der Waals surface area contributed by atoms with Gasteiger partial charge in [0.15, 0.2) is 0 Å². The van der Waals surface area contributed by atoms with Crippen molar-refractivity contribution in [2.24, 2.45) is 0 Å². The molecule has 0 unspecified atom stereocenters. The summed E-state index contributed by atoms with van der Waals surface area (Å²) in [5.41, 5.74) is -0.124. The lowest BCUT2D eigenvalue weighted by Crippen LogP contribution is -2.04. The van der Waals surface area contributed by atoms with Crippen molar-refractivity contribution in [3.8, 4) is 0 Å². The number of benzene rings is 1. The third-order valence-electron chi connectivity index (χ3n) is 1.83. The number of hydrogen-bond acceptors (Lipinski definition) is 1. The number of fused-ring (bicyclic) bond motifs is 1. The van der Waals surface area contributed by atoms with Crippen LogP contribution < -0.4 is 5.56 Å². The SMILES string of the molecule is O=c1[nH]cc(Br)c2c(Cl)cccc12. The van der Waals surface area contributed by atoms with E-state index in [-0.39, 0.29) is 5.56 Å². The minimum absolute atomic E-state index is 0.124. The minimum Gasteiger partial charge on any atom is -0.327 e. The fourth-order valence-electron chi connectivity index (χ4n) is 1.23. The number of hydrogen-bond donors (Lipinski definition) is 1. The Bertz CT molecular complexity index is 512. The number of rotatable bonds is 0. The van der Waals surface area contributed by atoms with Crippen LogP contribution in [0, 0.1) is 0 Å². The summed E-state index contributed by atoms with van der Waals surface area (Å²) in [5.74, 6) is 0. The Labute approximate surface area is 87.7 Å². The minimum atomic E-state index is -0.124. The smallest absolute Gasteiger partial charge is 0.255 e. The second-order valence-corrected chi connectivity index (χ2v) is 3.89. The van der Waals surface area contributed by atoms with Gasteiger partial charge in [0.1, 0.15) is 0 Å². The predicted octanol–water partition coefficient (Wildman–Crippen LogP) is 2.94. The van der Waals surface area contributed by atoms with Crippen molar-refractivity contribution in [1.82, 2.24) is 4.98 Å². The molecule has 0 spiro atoms. The predicted molar refractivity (Wildman–Crippen MR) is 57.3 cm³/mol. The zero-order valence-corrected chi connectivity index (χ0v) is 8.82. The normalized spacial score (nSPS) is 10.6. The summed E-state index contributed by atoms with van der Waals surface area (Å²) in [7, 11) is 0. The molecule has 0 aliphatic carbocycles. The molecule has 4 heteroatoms. The van der Waals surface area contributed by atoms with Gasteiger partial charge in [0.05, 0.1) is 0 Å². The molecular formula is C9H5BrClNO. The Morgan fingerprint density at radius 1 is 1.38 bits per heavy atom. The first-order chi connectivity index (χ1) is 6.20. The number of pyridine rings is 1. The molecule has 0 aliphatic rings. The van der Waals surface area contributed by atoms with Crippen LogP contribution in [0.3, 0.4) is 0 Å². The zero-order valence-electron chi connectivity index (χ0n) is 6.47. The number of H-pyrrole nitrogens is 1. The van der Waals surface area contributed by atoms with Gasteiger partial charge in [-0.2, -0.15) is 0 Å². The van der Waals surface area contributed by atoms with Crippen molar-refractivity contribution in [2.75, 3.05) is 0 Å². The van der Waals surface area contributed by atoms with Crippen LogP contribution >= 0.6 is 27.5 Å². The molecule has 1 N–H and O–H groups in total. The van der Waals surface area contributed by atoms with Crippen LogP contribution in [0.4, 0.5) is 0 Å². The molecule has 13 heavy (non-hydrogen) atoms. The highest BCUT2D eigenvalue weighted by Gasteiger charge is 2.05. The Kier molecular flexibility index (Phi) is 2.14. The maximum absolute atomic E-state index is 11.3. The first-order valence-electron chi connectivity index (χ1n) is 3.65. The van der Waals surface area contributed by atoms with E-state index in [0.29, 0.717) is 10.4 Å². The standard InChI is InChI=1S/C9H5BrClNO/c10-6-4-12-9(13)5-2-1-3-7(11)8(5)6/h1-4H,(H,12,13). The van der Waals surface area contributed by atoms with Gasteiger partial charge in [0, 0.05) is 26.5 Å². The number of aromatic amines is 1. The number of halogens is 2. The van der Waals surface area contributed by atoms with E-state index in [1.54, 1.807) is 24.4 Å². The van der Waals surface area contributed by atoms with Gasteiger partial charge in [-0.25, -0.2) is 0 Å². The highest BCUT2D eigenvalue weighted by molar-refractivity contribution is 9.10. The molecule has 0 amide bonds. The van der Waals surface area contributed by atoms with Crippen molar-refractivity contribution >= 4 is 38.3 Å². The zero-order chi connectivity index (χ0) is 9.42. The molecule has 2 aromatic rings. The molecule has 1 heterocycles. The van der Waals surface area contributed by atoms with E-state index in [1.807, 2.05) is 0 Å². The molecule has 0 atom stereocenters. The van der Waals surface area contributed by atoms with Gasteiger partial charge in [-0.05, 0) is 28.1 Å². The lowest BCUT2D eigenvalue weighted by molar-refractivity contribution is 1.26. The van der Waals surface area contributed by atoms with Gasteiger partial charge in [0.2, 0.25) is 0 Å². The first-order valence-corrected chi connectivity index (χ1v) is 4.82. The lowest BCUT2D eigenvalue weighted by Gasteiger charge is -2.00. The van der Waals surface area contributed by atoms with Crippen LogP contribution in [-0.4, -0.2) is 4.98 Å². The van der Waals surface area contributed by atoms with E-state index < -0.39 is 0 Å². The fourth-order valence-corrected chi connectivity index (χ4v) is 2.17. The lowest BCUT2D eigenvalue weighted by atomic mass is 10.2. The van der Waals surface area contributed by atoms with Crippen molar-refractivity contribution in [3.63, 3.8) is 0 Å². The van der Waals surface area contributed by atoms with E-state index in [9.17, 15) is 4.79 Å². The fraction of sp³-hybridized carbons (Fsp3) is 0. The summed E-state index contributed by atoms with van der Waals surface area (Å²) in [6.45, 7) is 0. The van der Waals surface area contributed by atoms with Crippen LogP contribution in [0.5, 0.6) is 0 Å². The Morgan fingerprint density at radius 2 is 2.15 bits per heavy atom. The Balaban J connectivity index is 3.09. The molecule has 1 aromatic carbocycles. The van der Waals surface area contributed by atoms with Crippen LogP contribution in [0.2, 0.25) is 5.02 Å². The molecule has 1 aromatic heterocycles. The van der Waals surface area contributed by atoms with Gasteiger partial charge in [-0.1, -0.05) is 17.7 Å². The summed E-state index contributed by atoms with van der Waals surface area (Å²) in [6.07, 6.45) is 1.59. The van der Waals surface area contributed by atoms with E-state index in [1.165, 1.54) is 0 Å². The summed E-state index contributed by atoms with van der Waals surface area (Å²) in [4.78, 5) is 14.0. The van der Waals surface area contributed by atoms with E-state index in [0.717, 1.165) is 9.86 Å². The molecular weight excluding hydrogens is 253 g/mol. The van der Waals surface area contributed by atoms with Gasteiger partial charge < -0.3 is 4.98 Å². The van der Waals surface area contributed by atoms with Crippen LogP contribution in [0.15, 0.2) is 33.7 Å². The van der Waals surface area contributed by atoms with Gasteiger partial charge >= 0.3 is 0 Å². The molecule has 2 nitrogen and oxygen atoms in total. The monoisotopic (exact) mass is 257 g/mol. The highest BCUT2D eigenvalue weighted by Crippen LogP contribution is 2.27. The number of nitrogens with one attached hydrogen (secondary N) is 1. The third kappa shape index (κ3) is 1.38. The molecule has 0 saturated carbocycles. The second-order valence-electron chi connectivity index (χ2n) is 2.63. The van der Waals surface area contributed by atoms with Gasteiger partial charge in [-0.3, -0.25) is 4.79 Å². The highest BCUT2D eigenvalue weighted by atomic mass is 79.9. The first kappa shape index (κ1) is 8.78. The van der Waals surface area contributed by atoms with E-state index >= 15 is 0 Å². The maximum atomic E-state index is 11.3. The molecule has 66 valence electrons. The molecule has 0 bridgehead atoms. The average Bonchev–Trinajstić information content (AvgIpc) is 2.12. The van der Waals surface area contributed by atoms with Gasteiger partial charge in [0.25, 0.3) is 5.56 Å².